The van der Waals surface area contributed by atoms with E-state index in [4.69, 9.17) is 4.74 Å². The lowest BCUT2D eigenvalue weighted by Crippen LogP contribution is -1.95. The van der Waals surface area contributed by atoms with E-state index in [1.54, 1.807) is 0 Å². The van der Waals surface area contributed by atoms with E-state index in [2.05, 4.69) is 22.7 Å². The Morgan fingerprint density at radius 1 is 0.680 bits per heavy atom. The third-order valence-electron chi connectivity index (χ3n) is 4.86. The SMILES string of the molecule is CCCOCCCCCCCCCCCCCCCCn1ccnc1. The molecule has 0 radical (unpaired) electrons. The fourth-order valence-corrected chi connectivity index (χ4v) is 3.29. The Labute approximate surface area is 156 Å². The maximum Gasteiger partial charge on any atom is 0.0945 e. The molecule has 0 aromatic carbocycles. The Morgan fingerprint density at radius 3 is 1.68 bits per heavy atom. The topological polar surface area (TPSA) is 27.1 Å². The van der Waals surface area contributed by atoms with Crippen molar-refractivity contribution >= 4 is 0 Å². The first kappa shape index (κ1) is 22.2. The molecule has 0 saturated heterocycles. The molecule has 1 aromatic rings. The van der Waals surface area contributed by atoms with Crippen LogP contribution in [0.25, 0.3) is 0 Å². The normalized spacial score (nSPS) is 11.2. The molecule has 3 heteroatoms. The molecule has 146 valence electrons. The molecule has 0 aliphatic rings. The number of ether oxygens (including phenoxy) is 1. The molecule has 0 fully saturated rings. The molecule has 0 bridgehead atoms. The van der Waals surface area contributed by atoms with Gasteiger partial charge in [0.1, 0.15) is 0 Å². The Morgan fingerprint density at radius 2 is 1.20 bits per heavy atom. The Balaban J connectivity index is 1.65. The van der Waals surface area contributed by atoms with Gasteiger partial charge in [-0.2, -0.15) is 0 Å². The van der Waals surface area contributed by atoms with Crippen LogP contribution in [-0.4, -0.2) is 22.8 Å². The van der Waals surface area contributed by atoms with Crippen LogP contribution in [0, 0.1) is 0 Å². The van der Waals surface area contributed by atoms with Gasteiger partial charge in [0.15, 0.2) is 0 Å². The fraction of sp³-hybridized carbons (Fsp3) is 0.864. The zero-order chi connectivity index (χ0) is 17.8. The predicted molar refractivity (Wildman–Crippen MR) is 108 cm³/mol. The number of nitrogens with zero attached hydrogens (tertiary/aromatic N) is 2. The molecule has 25 heavy (non-hydrogen) atoms. The van der Waals surface area contributed by atoms with Gasteiger partial charge in [-0.3, -0.25) is 0 Å². The summed E-state index contributed by atoms with van der Waals surface area (Å²) in [6, 6.07) is 0. The van der Waals surface area contributed by atoms with Crippen LogP contribution in [0.2, 0.25) is 0 Å². The van der Waals surface area contributed by atoms with Crippen molar-refractivity contribution < 1.29 is 4.74 Å². The van der Waals surface area contributed by atoms with E-state index in [1.807, 2.05) is 12.5 Å². The van der Waals surface area contributed by atoms with Crippen LogP contribution >= 0.6 is 0 Å². The van der Waals surface area contributed by atoms with Crippen LogP contribution in [0.15, 0.2) is 18.7 Å². The summed E-state index contributed by atoms with van der Waals surface area (Å²) in [6.07, 6.45) is 26.5. The molecule has 0 spiro atoms. The highest BCUT2D eigenvalue weighted by Crippen LogP contribution is 2.13. The van der Waals surface area contributed by atoms with Crippen molar-refractivity contribution in [3.05, 3.63) is 18.7 Å². The molecule has 3 nitrogen and oxygen atoms in total. The van der Waals surface area contributed by atoms with Crippen molar-refractivity contribution in [3.8, 4) is 0 Å². The molecule has 0 N–H and O–H groups in total. The van der Waals surface area contributed by atoms with Crippen LogP contribution in [-0.2, 0) is 11.3 Å². The van der Waals surface area contributed by atoms with Gasteiger partial charge in [0, 0.05) is 32.2 Å². The minimum Gasteiger partial charge on any atom is -0.381 e. The number of unbranched alkanes of at least 4 members (excludes halogenated alkanes) is 13. The average molecular weight is 351 g/mol. The number of imidazole rings is 1. The number of aryl methyl sites for hydroxylation is 1. The van der Waals surface area contributed by atoms with Gasteiger partial charge < -0.3 is 9.30 Å². The molecular formula is C22H42N2O. The largest absolute Gasteiger partial charge is 0.381 e. The number of rotatable bonds is 19. The molecule has 0 unspecified atom stereocenters. The molecule has 1 aromatic heterocycles. The molecule has 0 amide bonds. The monoisotopic (exact) mass is 350 g/mol. The first-order valence-electron chi connectivity index (χ1n) is 11.0. The highest BCUT2D eigenvalue weighted by Gasteiger charge is 1.95. The van der Waals surface area contributed by atoms with Crippen molar-refractivity contribution in [1.29, 1.82) is 0 Å². The average Bonchev–Trinajstić information content (AvgIpc) is 3.14. The molecule has 1 rings (SSSR count). The van der Waals surface area contributed by atoms with E-state index in [-0.39, 0.29) is 0 Å². The lowest BCUT2D eigenvalue weighted by molar-refractivity contribution is 0.130. The highest BCUT2D eigenvalue weighted by molar-refractivity contribution is 4.73. The lowest BCUT2D eigenvalue weighted by atomic mass is 10.0. The quantitative estimate of drug-likeness (QED) is 0.257. The number of hydrogen-bond donors (Lipinski definition) is 0. The smallest absolute Gasteiger partial charge is 0.0945 e. The maximum atomic E-state index is 5.51. The summed E-state index contributed by atoms with van der Waals surface area (Å²) in [7, 11) is 0. The summed E-state index contributed by atoms with van der Waals surface area (Å²) in [6.45, 7) is 5.21. The summed E-state index contributed by atoms with van der Waals surface area (Å²) in [5, 5.41) is 0. The van der Waals surface area contributed by atoms with Gasteiger partial charge in [-0.15, -0.1) is 0 Å². The summed E-state index contributed by atoms with van der Waals surface area (Å²) in [5.41, 5.74) is 0. The first-order valence-corrected chi connectivity index (χ1v) is 11.0. The summed E-state index contributed by atoms with van der Waals surface area (Å²) >= 11 is 0. The van der Waals surface area contributed by atoms with Crippen molar-refractivity contribution in [2.75, 3.05) is 13.2 Å². The third-order valence-corrected chi connectivity index (χ3v) is 4.86. The minimum atomic E-state index is 0.936. The Hall–Kier alpha value is -0.830. The molecule has 0 saturated carbocycles. The molecule has 0 aliphatic carbocycles. The standard InChI is InChI=1S/C22H42N2O/c1-2-20-25-21-16-14-12-10-8-6-4-3-5-7-9-11-13-15-18-24-19-17-23-22-24/h17,19,22H,2-16,18,20-21H2,1H3. The first-order chi connectivity index (χ1) is 12.4. The number of hydrogen-bond acceptors (Lipinski definition) is 2. The summed E-state index contributed by atoms with van der Waals surface area (Å²) in [5.74, 6) is 0. The van der Waals surface area contributed by atoms with E-state index in [1.165, 1.54) is 89.9 Å². The molecule has 0 aliphatic heterocycles. The fourth-order valence-electron chi connectivity index (χ4n) is 3.29. The van der Waals surface area contributed by atoms with E-state index in [9.17, 15) is 0 Å². The van der Waals surface area contributed by atoms with Gasteiger partial charge in [0.25, 0.3) is 0 Å². The van der Waals surface area contributed by atoms with Crippen LogP contribution in [0.1, 0.15) is 103 Å². The lowest BCUT2D eigenvalue weighted by Gasteiger charge is -2.04. The highest BCUT2D eigenvalue weighted by atomic mass is 16.5. The van der Waals surface area contributed by atoms with Gasteiger partial charge >= 0.3 is 0 Å². The van der Waals surface area contributed by atoms with Crippen molar-refractivity contribution in [2.24, 2.45) is 0 Å². The Bertz CT molecular complexity index is 351. The van der Waals surface area contributed by atoms with Gasteiger partial charge in [-0.1, -0.05) is 84.0 Å². The van der Waals surface area contributed by atoms with E-state index >= 15 is 0 Å². The van der Waals surface area contributed by atoms with Crippen LogP contribution in [0.4, 0.5) is 0 Å². The third kappa shape index (κ3) is 15.2. The maximum absolute atomic E-state index is 5.51. The summed E-state index contributed by atoms with van der Waals surface area (Å²) < 4.78 is 7.69. The van der Waals surface area contributed by atoms with Crippen LogP contribution in [0.3, 0.4) is 0 Å². The van der Waals surface area contributed by atoms with Crippen molar-refractivity contribution in [2.45, 2.75) is 110 Å². The summed E-state index contributed by atoms with van der Waals surface area (Å²) in [4.78, 5) is 4.08. The van der Waals surface area contributed by atoms with Gasteiger partial charge in [-0.25, -0.2) is 4.98 Å². The predicted octanol–water partition coefficient (Wildman–Crippen LogP) is 6.77. The second kappa shape index (κ2) is 18.0. The second-order valence-corrected chi connectivity index (χ2v) is 7.36. The Kier molecular flexibility index (Phi) is 16.0. The zero-order valence-electron chi connectivity index (χ0n) is 16.8. The minimum absolute atomic E-state index is 0.936. The molecular weight excluding hydrogens is 308 g/mol. The molecule has 1 heterocycles. The zero-order valence-corrected chi connectivity index (χ0v) is 16.8. The van der Waals surface area contributed by atoms with Gasteiger partial charge in [0.2, 0.25) is 0 Å². The second-order valence-electron chi connectivity index (χ2n) is 7.36. The van der Waals surface area contributed by atoms with E-state index < -0.39 is 0 Å². The van der Waals surface area contributed by atoms with Crippen molar-refractivity contribution in [3.63, 3.8) is 0 Å². The van der Waals surface area contributed by atoms with Gasteiger partial charge in [0.05, 0.1) is 6.33 Å². The number of aromatic nitrogens is 2. The van der Waals surface area contributed by atoms with Crippen LogP contribution in [0.5, 0.6) is 0 Å². The van der Waals surface area contributed by atoms with Crippen molar-refractivity contribution in [1.82, 2.24) is 9.55 Å². The van der Waals surface area contributed by atoms with Crippen LogP contribution < -0.4 is 0 Å². The molecule has 0 atom stereocenters. The van der Waals surface area contributed by atoms with E-state index in [0.29, 0.717) is 0 Å². The van der Waals surface area contributed by atoms with E-state index in [0.717, 1.165) is 26.2 Å². The van der Waals surface area contributed by atoms with Gasteiger partial charge in [-0.05, 0) is 19.3 Å².